The van der Waals surface area contributed by atoms with Crippen LogP contribution in [0, 0.1) is 18.8 Å². The Morgan fingerprint density at radius 1 is 1.47 bits per heavy atom. The molecule has 0 saturated carbocycles. The maximum absolute atomic E-state index is 10.8. The summed E-state index contributed by atoms with van der Waals surface area (Å²) in [5, 5.41) is 13.6. The molecule has 2 rings (SSSR count). The van der Waals surface area contributed by atoms with Gasteiger partial charge in [-0.15, -0.1) is 11.5 Å². The van der Waals surface area contributed by atoms with Crippen molar-refractivity contribution in [3.8, 4) is 5.88 Å². The number of nitroso groups, excluding NO2 is 1. The van der Waals surface area contributed by atoms with Crippen molar-refractivity contribution in [2.24, 2.45) is 5.18 Å². The van der Waals surface area contributed by atoms with Crippen molar-refractivity contribution in [1.29, 1.82) is 0 Å². The summed E-state index contributed by atoms with van der Waals surface area (Å²) in [6.45, 7) is 8.05. The minimum Gasteiger partial charge on any atom is -0.493 e. The van der Waals surface area contributed by atoms with Crippen LogP contribution in [0.5, 0.6) is 5.88 Å². The minimum absolute atomic E-state index is 0.0939. The van der Waals surface area contributed by atoms with Crippen molar-refractivity contribution in [3.63, 3.8) is 0 Å². The van der Waals surface area contributed by atoms with Gasteiger partial charge in [-0.1, -0.05) is 18.2 Å². The molecule has 88 valence electrons. The van der Waals surface area contributed by atoms with Gasteiger partial charge in [0, 0.05) is 11.9 Å². The average Bonchev–Trinajstić information content (AvgIpc) is 2.58. The number of hydrogen-bond acceptors (Lipinski definition) is 3. The Bertz CT molecular complexity index is 612. The predicted octanol–water partition coefficient (Wildman–Crippen LogP) is 3.55. The largest absolute Gasteiger partial charge is 0.493 e. The van der Waals surface area contributed by atoms with Gasteiger partial charge in [0.05, 0.1) is 5.52 Å². The van der Waals surface area contributed by atoms with Crippen LogP contribution in [-0.2, 0) is 6.54 Å². The first-order valence-corrected chi connectivity index (χ1v) is 5.37. The van der Waals surface area contributed by atoms with Crippen molar-refractivity contribution in [3.05, 3.63) is 40.8 Å². The van der Waals surface area contributed by atoms with Gasteiger partial charge in [0.2, 0.25) is 5.88 Å². The molecule has 0 aliphatic heterocycles. The molecule has 4 heteroatoms. The average molecular weight is 230 g/mol. The second-order valence-electron chi connectivity index (χ2n) is 4.07. The molecule has 0 aliphatic carbocycles. The molecule has 0 radical (unpaired) electrons. The fourth-order valence-electron chi connectivity index (χ4n) is 2.09. The molecule has 4 nitrogen and oxygen atoms in total. The molecule has 0 aliphatic rings. The van der Waals surface area contributed by atoms with E-state index in [2.05, 4.69) is 11.8 Å². The Morgan fingerprint density at radius 3 is 2.76 bits per heavy atom. The second-order valence-corrected chi connectivity index (χ2v) is 4.07. The molecule has 0 unspecified atom stereocenters. The molecule has 0 amide bonds. The molecule has 2 aromatic rings. The van der Waals surface area contributed by atoms with Gasteiger partial charge >= 0.3 is 0 Å². The van der Waals surface area contributed by atoms with E-state index in [0.717, 1.165) is 16.6 Å². The third-order valence-corrected chi connectivity index (χ3v) is 3.10. The SMILES string of the molecule is C=CCn1c(O)c(N=O)c2ccc(C)c(C)c21. The van der Waals surface area contributed by atoms with Gasteiger partial charge in [-0.2, -0.15) is 0 Å². The third kappa shape index (κ3) is 1.53. The number of hydrogen-bond donors (Lipinski definition) is 1. The highest BCUT2D eigenvalue weighted by Gasteiger charge is 2.18. The topological polar surface area (TPSA) is 54.6 Å². The molecule has 0 saturated heterocycles. The summed E-state index contributed by atoms with van der Waals surface area (Å²) in [5.74, 6) is -0.0939. The quantitative estimate of drug-likeness (QED) is 0.647. The number of benzene rings is 1. The number of aromatic nitrogens is 1. The smallest absolute Gasteiger partial charge is 0.222 e. The van der Waals surface area contributed by atoms with E-state index < -0.39 is 0 Å². The second kappa shape index (κ2) is 4.05. The summed E-state index contributed by atoms with van der Waals surface area (Å²) in [4.78, 5) is 10.8. The van der Waals surface area contributed by atoms with E-state index in [-0.39, 0.29) is 11.6 Å². The van der Waals surface area contributed by atoms with Crippen LogP contribution in [0.3, 0.4) is 0 Å². The monoisotopic (exact) mass is 230 g/mol. The Hall–Kier alpha value is -2.10. The normalized spacial score (nSPS) is 10.7. The Balaban J connectivity index is 2.95. The lowest BCUT2D eigenvalue weighted by atomic mass is 10.1. The van der Waals surface area contributed by atoms with Crippen molar-refractivity contribution >= 4 is 16.6 Å². The van der Waals surface area contributed by atoms with E-state index in [0.29, 0.717) is 11.9 Å². The van der Waals surface area contributed by atoms with Crippen LogP contribution < -0.4 is 0 Å². The fraction of sp³-hybridized carbons (Fsp3) is 0.231. The Kier molecular flexibility index (Phi) is 2.71. The molecule has 0 spiro atoms. The maximum Gasteiger partial charge on any atom is 0.222 e. The highest BCUT2D eigenvalue weighted by Crippen LogP contribution is 2.40. The van der Waals surface area contributed by atoms with Crippen LogP contribution in [0.1, 0.15) is 11.1 Å². The van der Waals surface area contributed by atoms with Gasteiger partial charge in [0.25, 0.3) is 0 Å². The van der Waals surface area contributed by atoms with Crippen LogP contribution in [0.15, 0.2) is 30.0 Å². The summed E-state index contributed by atoms with van der Waals surface area (Å²) in [6, 6.07) is 3.73. The maximum atomic E-state index is 10.8. The summed E-state index contributed by atoms with van der Waals surface area (Å²) in [5.41, 5.74) is 3.09. The molecule has 1 heterocycles. The fourth-order valence-corrected chi connectivity index (χ4v) is 2.09. The Morgan fingerprint density at radius 2 is 2.18 bits per heavy atom. The molecule has 1 aromatic heterocycles. The van der Waals surface area contributed by atoms with E-state index in [1.54, 1.807) is 10.6 Å². The Labute approximate surface area is 99.2 Å². The molecule has 17 heavy (non-hydrogen) atoms. The van der Waals surface area contributed by atoms with Gasteiger partial charge in [0.1, 0.15) is 0 Å². The van der Waals surface area contributed by atoms with Crippen molar-refractivity contribution in [2.45, 2.75) is 20.4 Å². The van der Waals surface area contributed by atoms with E-state index in [1.165, 1.54) is 0 Å². The van der Waals surface area contributed by atoms with Crippen molar-refractivity contribution < 1.29 is 5.11 Å². The van der Waals surface area contributed by atoms with Crippen LogP contribution in [0.25, 0.3) is 10.9 Å². The van der Waals surface area contributed by atoms with Gasteiger partial charge in [0.15, 0.2) is 5.69 Å². The zero-order valence-corrected chi connectivity index (χ0v) is 9.90. The highest BCUT2D eigenvalue weighted by atomic mass is 16.3. The molecule has 1 aromatic carbocycles. The van der Waals surface area contributed by atoms with Crippen LogP contribution in [-0.4, -0.2) is 9.67 Å². The zero-order valence-electron chi connectivity index (χ0n) is 9.90. The van der Waals surface area contributed by atoms with E-state index >= 15 is 0 Å². The van der Waals surface area contributed by atoms with Gasteiger partial charge in [-0.25, -0.2) is 0 Å². The summed E-state index contributed by atoms with van der Waals surface area (Å²) >= 11 is 0. The van der Waals surface area contributed by atoms with Gasteiger partial charge in [-0.05, 0) is 30.2 Å². The van der Waals surface area contributed by atoms with Crippen LogP contribution >= 0.6 is 0 Å². The number of allylic oxidation sites excluding steroid dienone is 1. The van der Waals surface area contributed by atoms with Gasteiger partial charge in [-0.3, -0.25) is 0 Å². The van der Waals surface area contributed by atoms with E-state index in [1.807, 2.05) is 26.0 Å². The number of fused-ring (bicyclic) bond motifs is 1. The molecule has 0 fully saturated rings. The lowest BCUT2D eigenvalue weighted by Gasteiger charge is -2.07. The first-order chi connectivity index (χ1) is 8.11. The molecular weight excluding hydrogens is 216 g/mol. The number of rotatable bonds is 3. The number of nitrogens with zero attached hydrogens (tertiary/aromatic N) is 2. The van der Waals surface area contributed by atoms with Crippen LogP contribution in [0.4, 0.5) is 5.69 Å². The highest BCUT2D eigenvalue weighted by molar-refractivity contribution is 5.97. The first-order valence-electron chi connectivity index (χ1n) is 5.37. The molecular formula is C13H14N2O2. The molecule has 1 N–H and O–H groups in total. The number of aromatic hydroxyl groups is 1. The van der Waals surface area contributed by atoms with Crippen molar-refractivity contribution in [1.82, 2.24) is 4.57 Å². The van der Waals surface area contributed by atoms with E-state index in [9.17, 15) is 10.0 Å². The summed E-state index contributed by atoms with van der Waals surface area (Å²) < 4.78 is 1.65. The lowest BCUT2D eigenvalue weighted by molar-refractivity contribution is 0.431. The molecule has 0 bridgehead atoms. The molecule has 0 atom stereocenters. The number of aryl methyl sites for hydroxylation is 2. The van der Waals surface area contributed by atoms with E-state index in [4.69, 9.17) is 0 Å². The van der Waals surface area contributed by atoms with Crippen LogP contribution in [0.2, 0.25) is 0 Å². The standard InChI is InChI=1S/C13H14N2O2/c1-4-7-15-12-9(3)8(2)5-6-10(12)11(14-17)13(15)16/h4-6,16H,1,7H2,2-3H3. The lowest BCUT2D eigenvalue weighted by Crippen LogP contribution is -1.96. The zero-order chi connectivity index (χ0) is 12.6. The van der Waals surface area contributed by atoms with Gasteiger partial charge < -0.3 is 9.67 Å². The summed E-state index contributed by atoms with van der Waals surface area (Å²) in [7, 11) is 0. The van der Waals surface area contributed by atoms with Crippen molar-refractivity contribution in [2.75, 3.05) is 0 Å². The minimum atomic E-state index is -0.0939. The summed E-state index contributed by atoms with van der Waals surface area (Å²) in [6.07, 6.45) is 1.68. The predicted molar refractivity (Wildman–Crippen MR) is 68.7 cm³/mol. The first kappa shape index (κ1) is 11.4. The third-order valence-electron chi connectivity index (χ3n) is 3.10.